The Morgan fingerprint density at radius 3 is 2.50 bits per heavy atom. The number of aliphatic carboxylic acids is 1. The Morgan fingerprint density at radius 1 is 1.35 bits per heavy atom. The minimum Gasteiger partial charge on any atom is -0.496 e. The van der Waals surface area contributed by atoms with Crippen molar-refractivity contribution >= 4 is 29.4 Å². The Labute approximate surface area is 119 Å². The van der Waals surface area contributed by atoms with Crippen molar-refractivity contribution in [2.24, 2.45) is 5.73 Å². The van der Waals surface area contributed by atoms with Gasteiger partial charge in [0.05, 0.1) is 12.7 Å². The molecule has 20 heavy (non-hydrogen) atoms. The number of amides is 2. The van der Waals surface area contributed by atoms with E-state index in [9.17, 15) is 14.4 Å². The summed E-state index contributed by atoms with van der Waals surface area (Å²) in [5.74, 6) is -2.57. The lowest BCUT2D eigenvalue weighted by atomic mass is 10.1. The van der Waals surface area contributed by atoms with Gasteiger partial charge in [-0.05, 0) is 18.2 Å². The molecule has 0 unspecified atom stereocenters. The Kier molecular flexibility index (Phi) is 5.33. The number of hydrogen-bond donors (Lipinski definition) is 2. The summed E-state index contributed by atoms with van der Waals surface area (Å²) in [4.78, 5) is 34.7. The molecular formula is C12H13ClN2O5. The predicted octanol–water partition coefficient (Wildman–Crippen LogP) is 0.361. The lowest BCUT2D eigenvalue weighted by molar-refractivity contribution is -0.138. The van der Waals surface area contributed by atoms with Crippen LogP contribution in [-0.2, 0) is 9.59 Å². The van der Waals surface area contributed by atoms with Gasteiger partial charge in [0, 0.05) is 5.02 Å². The van der Waals surface area contributed by atoms with Gasteiger partial charge in [0.15, 0.2) is 0 Å². The molecule has 1 rings (SSSR count). The van der Waals surface area contributed by atoms with E-state index in [1.165, 1.54) is 25.3 Å². The van der Waals surface area contributed by atoms with E-state index in [1.54, 1.807) is 0 Å². The first-order valence-corrected chi connectivity index (χ1v) is 5.86. The largest absolute Gasteiger partial charge is 0.496 e. The van der Waals surface area contributed by atoms with Crippen LogP contribution in [0.15, 0.2) is 18.2 Å². The molecule has 8 heteroatoms. The van der Waals surface area contributed by atoms with Crippen molar-refractivity contribution < 1.29 is 24.2 Å². The first-order chi connectivity index (χ1) is 9.35. The van der Waals surface area contributed by atoms with Crippen LogP contribution in [0.5, 0.6) is 5.75 Å². The Balaban J connectivity index is 3.10. The number of ether oxygens (including phenoxy) is 1. The van der Waals surface area contributed by atoms with Crippen molar-refractivity contribution in [2.45, 2.75) is 0 Å². The van der Waals surface area contributed by atoms with E-state index in [-0.39, 0.29) is 11.3 Å². The fourth-order valence-corrected chi connectivity index (χ4v) is 1.73. The summed E-state index contributed by atoms with van der Waals surface area (Å²) < 4.78 is 5.01. The van der Waals surface area contributed by atoms with Gasteiger partial charge in [-0.15, -0.1) is 0 Å². The van der Waals surface area contributed by atoms with E-state index in [2.05, 4.69) is 0 Å². The maximum Gasteiger partial charge on any atom is 0.323 e. The second kappa shape index (κ2) is 6.76. The predicted molar refractivity (Wildman–Crippen MR) is 70.7 cm³/mol. The number of hydrogen-bond acceptors (Lipinski definition) is 4. The smallest absolute Gasteiger partial charge is 0.323 e. The normalized spacial score (nSPS) is 9.90. The van der Waals surface area contributed by atoms with Gasteiger partial charge in [0.2, 0.25) is 5.91 Å². The maximum absolute atomic E-state index is 12.2. The van der Waals surface area contributed by atoms with Gasteiger partial charge in [0.1, 0.15) is 18.8 Å². The third kappa shape index (κ3) is 4.13. The van der Waals surface area contributed by atoms with Crippen LogP contribution in [0.4, 0.5) is 0 Å². The standard InChI is InChI=1S/C12H13ClN2O5/c1-20-9-4-7(13)2-3-8(9)12(19)15(5-10(14)16)6-11(17)18/h2-4H,5-6H2,1H3,(H2,14,16)(H,17,18). The molecule has 0 atom stereocenters. The Morgan fingerprint density at radius 2 is 2.00 bits per heavy atom. The van der Waals surface area contributed by atoms with Crippen molar-refractivity contribution in [2.75, 3.05) is 20.2 Å². The molecule has 0 heterocycles. The zero-order chi connectivity index (χ0) is 15.3. The third-order valence-corrected chi connectivity index (χ3v) is 2.59. The first kappa shape index (κ1) is 15.8. The zero-order valence-corrected chi connectivity index (χ0v) is 11.4. The number of carbonyl (C=O) groups excluding carboxylic acids is 2. The number of primary amides is 1. The van der Waals surface area contributed by atoms with E-state index in [1.807, 2.05) is 0 Å². The fourth-order valence-electron chi connectivity index (χ4n) is 1.56. The van der Waals surface area contributed by atoms with Gasteiger partial charge >= 0.3 is 5.97 Å². The molecule has 0 aliphatic rings. The van der Waals surface area contributed by atoms with Crippen molar-refractivity contribution in [3.05, 3.63) is 28.8 Å². The minimum atomic E-state index is -1.26. The van der Waals surface area contributed by atoms with Crippen LogP contribution in [0.2, 0.25) is 5.02 Å². The number of halogens is 1. The molecule has 1 aromatic rings. The minimum absolute atomic E-state index is 0.0967. The Bertz CT molecular complexity index is 531. The fraction of sp³-hybridized carbons (Fsp3) is 0.250. The summed E-state index contributed by atoms with van der Waals surface area (Å²) in [5, 5.41) is 9.12. The third-order valence-electron chi connectivity index (χ3n) is 2.35. The van der Waals surface area contributed by atoms with Gasteiger partial charge < -0.3 is 20.5 Å². The zero-order valence-electron chi connectivity index (χ0n) is 10.6. The van der Waals surface area contributed by atoms with E-state index in [4.69, 9.17) is 27.2 Å². The van der Waals surface area contributed by atoms with Crippen LogP contribution < -0.4 is 10.5 Å². The van der Waals surface area contributed by atoms with Crippen LogP contribution >= 0.6 is 11.6 Å². The van der Waals surface area contributed by atoms with Gasteiger partial charge in [-0.3, -0.25) is 14.4 Å². The van der Waals surface area contributed by atoms with Gasteiger partial charge in [0.25, 0.3) is 5.91 Å². The summed E-state index contributed by atoms with van der Waals surface area (Å²) in [6.45, 7) is -1.15. The molecule has 0 saturated carbocycles. The number of carbonyl (C=O) groups is 3. The molecule has 0 aliphatic carbocycles. The highest BCUT2D eigenvalue weighted by molar-refractivity contribution is 6.30. The first-order valence-electron chi connectivity index (χ1n) is 5.48. The summed E-state index contributed by atoms with van der Waals surface area (Å²) in [7, 11) is 1.35. The van der Waals surface area contributed by atoms with Gasteiger partial charge in [-0.2, -0.15) is 0 Å². The molecule has 2 amide bonds. The van der Waals surface area contributed by atoms with Gasteiger partial charge in [-0.25, -0.2) is 0 Å². The van der Waals surface area contributed by atoms with Crippen molar-refractivity contribution in [1.82, 2.24) is 4.90 Å². The quantitative estimate of drug-likeness (QED) is 0.788. The van der Waals surface area contributed by atoms with E-state index < -0.39 is 30.9 Å². The summed E-state index contributed by atoms with van der Waals surface area (Å²) in [6, 6.07) is 4.26. The molecular weight excluding hydrogens is 288 g/mol. The number of methoxy groups -OCH3 is 1. The van der Waals surface area contributed by atoms with Crippen LogP contribution in [0, 0.1) is 0 Å². The lowest BCUT2D eigenvalue weighted by Crippen LogP contribution is -2.41. The molecule has 0 aliphatic heterocycles. The second-order valence-corrected chi connectivity index (χ2v) is 4.30. The maximum atomic E-state index is 12.2. The molecule has 0 radical (unpaired) electrons. The molecule has 0 spiro atoms. The average molecular weight is 301 g/mol. The van der Waals surface area contributed by atoms with Crippen molar-refractivity contribution in [3.63, 3.8) is 0 Å². The average Bonchev–Trinajstić information content (AvgIpc) is 2.35. The van der Waals surface area contributed by atoms with E-state index >= 15 is 0 Å². The molecule has 108 valence electrons. The van der Waals surface area contributed by atoms with Crippen molar-refractivity contribution in [1.29, 1.82) is 0 Å². The Hall–Kier alpha value is -2.28. The van der Waals surface area contributed by atoms with Crippen LogP contribution in [0.1, 0.15) is 10.4 Å². The summed E-state index contributed by atoms with van der Waals surface area (Å²) in [6.07, 6.45) is 0. The number of carboxylic acids is 1. The summed E-state index contributed by atoms with van der Waals surface area (Å²) in [5.41, 5.74) is 5.10. The van der Waals surface area contributed by atoms with Gasteiger partial charge in [-0.1, -0.05) is 11.6 Å². The molecule has 7 nitrogen and oxygen atoms in total. The van der Waals surface area contributed by atoms with E-state index in [0.29, 0.717) is 5.02 Å². The summed E-state index contributed by atoms with van der Waals surface area (Å²) >= 11 is 5.78. The number of nitrogens with two attached hydrogens (primary N) is 1. The highest BCUT2D eigenvalue weighted by Gasteiger charge is 2.23. The number of carboxylic acid groups (broad SMARTS) is 1. The highest BCUT2D eigenvalue weighted by Crippen LogP contribution is 2.24. The molecule has 0 saturated heterocycles. The van der Waals surface area contributed by atoms with E-state index in [0.717, 1.165) is 4.90 Å². The lowest BCUT2D eigenvalue weighted by Gasteiger charge is -2.20. The number of nitrogens with zero attached hydrogens (tertiary/aromatic N) is 1. The topological polar surface area (TPSA) is 110 Å². The number of benzene rings is 1. The molecule has 0 bridgehead atoms. The number of rotatable bonds is 6. The highest BCUT2D eigenvalue weighted by atomic mass is 35.5. The molecule has 3 N–H and O–H groups in total. The monoisotopic (exact) mass is 300 g/mol. The van der Waals surface area contributed by atoms with Crippen LogP contribution in [-0.4, -0.2) is 48.0 Å². The molecule has 0 aromatic heterocycles. The van der Waals surface area contributed by atoms with Crippen LogP contribution in [0.25, 0.3) is 0 Å². The second-order valence-electron chi connectivity index (χ2n) is 3.87. The SMILES string of the molecule is COc1cc(Cl)ccc1C(=O)N(CC(N)=O)CC(=O)O. The van der Waals surface area contributed by atoms with Crippen molar-refractivity contribution in [3.8, 4) is 5.75 Å². The molecule has 1 aromatic carbocycles. The van der Waals surface area contributed by atoms with Crippen LogP contribution in [0.3, 0.4) is 0 Å². The molecule has 0 fully saturated rings.